The van der Waals surface area contributed by atoms with Crippen LogP contribution in [0.3, 0.4) is 0 Å². The highest BCUT2D eigenvalue weighted by molar-refractivity contribution is 7.19. The topological polar surface area (TPSA) is 69.8 Å². The average Bonchev–Trinajstić information content (AvgIpc) is 2.91. The van der Waals surface area contributed by atoms with E-state index >= 15 is 0 Å². The summed E-state index contributed by atoms with van der Waals surface area (Å²) in [5.41, 5.74) is 2.58. The molecule has 3 aromatic rings. The summed E-state index contributed by atoms with van der Waals surface area (Å²) in [5, 5.41) is 18.6. The van der Waals surface area contributed by atoms with E-state index in [4.69, 9.17) is 10.1 Å². The summed E-state index contributed by atoms with van der Waals surface area (Å²) in [6.07, 6.45) is 0. The lowest BCUT2D eigenvalue weighted by Crippen LogP contribution is -2.30. The molecule has 1 aliphatic heterocycles. The molecule has 1 N–H and O–H groups in total. The molecule has 0 fully saturated rings. The van der Waals surface area contributed by atoms with Gasteiger partial charge in [0.1, 0.15) is 16.6 Å². The first-order valence-corrected chi connectivity index (χ1v) is 8.63. The Balaban J connectivity index is 2.03. The fourth-order valence-corrected chi connectivity index (χ4v) is 4.77. The van der Waals surface area contributed by atoms with Crippen LogP contribution in [0.15, 0.2) is 30.3 Å². The van der Waals surface area contributed by atoms with Gasteiger partial charge in [-0.05, 0) is 43.2 Å². The highest BCUT2D eigenvalue weighted by Gasteiger charge is 2.40. The van der Waals surface area contributed by atoms with Crippen LogP contribution in [0.2, 0.25) is 0 Å². The number of halogens is 1. The molecular formula is C19H14FN3OS. The Hall–Kier alpha value is -2.78. The summed E-state index contributed by atoms with van der Waals surface area (Å²) in [5.74, 6) is -1.11. The summed E-state index contributed by atoms with van der Waals surface area (Å²) >= 11 is 1.45. The van der Waals surface area contributed by atoms with Crippen molar-refractivity contribution in [2.75, 3.05) is 0 Å². The zero-order chi connectivity index (χ0) is 17.7. The maximum atomic E-state index is 13.8. The van der Waals surface area contributed by atoms with E-state index in [1.165, 1.54) is 23.5 Å². The van der Waals surface area contributed by atoms with Crippen molar-refractivity contribution < 1.29 is 9.13 Å². The zero-order valence-corrected chi connectivity index (χ0v) is 14.4. The number of rotatable bonds is 1. The number of pyridine rings is 1. The van der Waals surface area contributed by atoms with E-state index in [1.54, 1.807) is 12.1 Å². The van der Waals surface area contributed by atoms with E-state index in [0.29, 0.717) is 11.3 Å². The van der Waals surface area contributed by atoms with Gasteiger partial charge >= 0.3 is 0 Å². The van der Waals surface area contributed by atoms with Gasteiger partial charge in [0.05, 0.1) is 16.3 Å². The smallest absolute Gasteiger partial charge is 0.205 e. The van der Waals surface area contributed by atoms with Gasteiger partial charge in [-0.2, -0.15) is 5.26 Å². The highest BCUT2D eigenvalue weighted by Crippen LogP contribution is 2.50. The van der Waals surface area contributed by atoms with Crippen LogP contribution in [0.25, 0.3) is 10.2 Å². The van der Waals surface area contributed by atoms with Crippen molar-refractivity contribution >= 4 is 27.5 Å². The van der Waals surface area contributed by atoms with Crippen molar-refractivity contribution in [2.45, 2.75) is 19.8 Å². The number of hydrogen-bond donors (Lipinski definition) is 1. The Bertz CT molecular complexity index is 1070. The SMILES string of the molecule is Cc1cc(C)c2c3c(sc2n1)C(c1cccc(F)c1)C(C#N)C(=N)O3. The molecule has 2 unspecified atom stereocenters. The van der Waals surface area contributed by atoms with Gasteiger partial charge in [0.2, 0.25) is 5.90 Å². The average molecular weight is 351 g/mol. The van der Waals surface area contributed by atoms with Crippen LogP contribution in [-0.2, 0) is 0 Å². The molecule has 4 nitrogen and oxygen atoms in total. The van der Waals surface area contributed by atoms with E-state index in [2.05, 4.69) is 11.1 Å². The lowest BCUT2D eigenvalue weighted by molar-refractivity contribution is 0.460. The number of nitriles is 1. The minimum Gasteiger partial charge on any atom is -0.440 e. The number of hydrogen-bond acceptors (Lipinski definition) is 5. The van der Waals surface area contributed by atoms with Crippen molar-refractivity contribution in [3.05, 3.63) is 57.8 Å². The largest absolute Gasteiger partial charge is 0.440 e. The number of aromatic nitrogens is 1. The molecule has 0 amide bonds. The number of ether oxygens (including phenoxy) is 1. The van der Waals surface area contributed by atoms with E-state index in [9.17, 15) is 9.65 Å². The Labute approximate surface area is 148 Å². The number of benzene rings is 1. The highest BCUT2D eigenvalue weighted by atomic mass is 32.1. The molecule has 0 saturated carbocycles. The van der Waals surface area contributed by atoms with Gasteiger partial charge in [-0.25, -0.2) is 9.37 Å². The summed E-state index contributed by atoms with van der Waals surface area (Å²) in [6.45, 7) is 3.90. The Morgan fingerprint density at radius 3 is 2.84 bits per heavy atom. The van der Waals surface area contributed by atoms with Crippen LogP contribution in [0.1, 0.15) is 27.6 Å². The fourth-order valence-electron chi connectivity index (χ4n) is 3.39. The molecule has 2 atom stereocenters. The minimum absolute atomic E-state index is 0.107. The Morgan fingerprint density at radius 1 is 1.32 bits per heavy atom. The predicted octanol–water partition coefficient (Wildman–Crippen LogP) is 4.69. The Morgan fingerprint density at radius 2 is 2.12 bits per heavy atom. The first kappa shape index (κ1) is 15.7. The van der Waals surface area contributed by atoms with Gasteiger partial charge in [-0.3, -0.25) is 5.41 Å². The van der Waals surface area contributed by atoms with Crippen molar-refractivity contribution in [3.8, 4) is 11.8 Å². The van der Waals surface area contributed by atoms with Crippen molar-refractivity contribution in [2.24, 2.45) is 5.92 Å². The molecule has 1 aromatic carbocycles. The zero-order valence-electron chi connectivity index (χ0n) is 13.6. The first-order chi connectivity index (χ1) is 12.0. The molecule has 1 aliphatic rings. The molecule has 0 radical (unpaired) electrons. The predicted molar refractivity (Wildman–Crippen MR) is 94.8 cm³/mol. The quantitative estimate of drug-likeness (QED) is 0.691. The summed E-state index contributed by atoms with van der Waals surface area (Å²) in [7, 11) is 0. The van der Waals surface area contributed by atoms with E-state index in [1.807, 2.05) is 19.9 Å². The number of thiophene rings is 1. The number of nitrogens with zero attached hydrogens (tertiary/aromatic N) is 2. The second kappa shape index (κ2) is 5.64. The molecule has 0 saturated heterocycles. The normalized spacial score (nSPS) is 19.4. The second-order valence-electron chi connectivity index (χ2n) is 6.16. The molecule has 0 spiro atoms. The van der Waals surface area contributed by atoms with Gasteiger partial charge in [0.25, 0.3) is 0 Å². The number of aryl methyl sites for hydroxylation is 2. The van der Waals surface area contributed by atoms with E-state index in [0.717, 1.165) is 26.4 Å². The van der Waals surface area contributed by atoms with Crippen LogP contribution in [0.4, 0.5) is 4.39 Å². The van der Waals surface area contributed by atoms with Gasteiger partial charge in [0, 0.05) is 11.6 Å². The van der Waals surface area contributed by atoms with Crippen LogP contribution >= 0.6 is 11.3 Å². The van der Waals surface area contributed by atoms with Gasteiger partial charge in [-0.15, -0.1) is 11.3 Å². The summed E-state index contributed by atoms with van der Waals surface area (Å²) < 4.78 is 19.5. The van der Waals surface area contributed by atoms with Gasteiger partial charge in [-0.1, -0.05) is 12.1 Å². The van der Waals surface area contributed by atoms with Gasteiger partial charge < -0.3 is 4.74 Å². The van der Waals surface area contributed by atoms with Crippen LogP contribution in [0, 0.1) is 42.3 Å². The lowest BCUT2D eigenvalue weighted by Gasteiger charge is -2.28. The fraction of sp³-hybridized carbons (Fsp3) is 0.211. The first-order valence-electron chi connectivity index (χ1n) is 7.81. The second-order valence-corrected chi connectivity index (χ2v) is 7.19. The van der Waals surface area contributed by atoms with Crippen molar-refractivity contribution in [1.29, 1.82) is 10.7 Å². The number of nitrogens with one attached hydrogen (secondary N) is 1. The molecule has 6 heteroatoms. The van der Waals surface area contributed by atoms with Crippen LogP contribution in [0.5, 0.6) is 5.75 Å². The molecule has 4 rings (SSSR count). The molecule has 3 heterocycles. The van der Waals surface area contributed by atoms with E-state index < -0.39 is 11.8 Å². The van der Waals surface area contributed by atoms with Crippen molar-refractivity contribution in [1.82, 2.24) is 4.98 Å². The molecule has 0 aliphatic carbocycles. The standard InChI is InChI=1S/C19H14FN3OS/c1-9-6-10(2)23-19-14(9)16-17(25-19)15(13(8-21)18(22)24-16)11-4-3-5-12(20)7-11/h3-7,13,15,22H,1-2H3. The molecule has 124 valence electrons. The Kier molecular flexibility index (Phi) is 3.55. The molecule has 25 heavy (non-hydrogen) atoms. The van der Waals surface area contributed by atoms with Crippen molar-refractivity contribution in [3.63, 3.8) is 0 Å². The third kappa shape index (κ3) is 2.39. The molecule has 0 bridgehead atoms. The monoisotopic (exact) mass is 351 g/mol. The molecule has 2 aromatic heterocycles. The van der Waals surface area contributed by atoms with Gasteiger partial charge in [0.15, 0.2) is 5.75 Å². The molecular weight excluding hydrogens is 337 g/mol. The van der Waals surface area contributed by atoms with Crippen LogP contribution < -0.4 is 4.74 Å². The summed E-state index contributed by atoms with van der Waals surface area (Å²) in [6, 6.07) is 10.3. The maximum absolute atomic E-state index is 13.8. The minimum atomic E-state index is -0.788. The third-order valence-electron chi connectivity index (χ3n) is 4.43. The van der Waals surface area contributed by atoms with Crippen LogP contribution in [-0.4, -0.2) is 10.9 Å². The third-order valence-corrected chi connectivity index (χ3v) is 5.57. The number of fused-ring (bicyclic) bond motifs is 3. The summed E-state index contributed by atoms with van der Waals surface area (Å²) in [4.78, 5) is 6.21. The van der Waals surface area contributed by atoms with E-state index in [-0.39, 0.29) is 11.7 Å². The lowest BCUT2D eigenvalue weighted by atomic mass is 9.83. The maximum Gasteiger partial charge on any atom is 0.205 e.